The molecule has 1 aromatic heterocycles. The average molecular weight is 447 g/mol. The topological polar surface area (TPSA) is 70.1 Å². The third-order valence-corrected chi connectivity index (χ3v) is 3.86. The van der Waals surface area contributed by atoms with E-state index in [0.717, 1.165) is 14.2 Å². The molecular weight excluding hydrogens is 438 g/mol. The van der Waals surface area contributed by atoms with Crippen molar-refractivity contribution in [2.75, 3.05) is 5.73 Å². The summed E-state index contributed by atoms with van der Waals surface area (Å²) in [6.07, 6.45) is -4.89. The summed E-state index contributed by atoms with van der Waals surface area (Å²) in [4.78, 5) is 16.8. The highest BCUT2D eigenvalue weighted by atomic mass is 127. The Bertz CT molecular complexity index is 986. The summed E-state index contributed by atoms with van der Waals surface area (Å²) in [6, 6.07) is 10.2. The van der Waals surface area contributed by atoms with Crippen molar-refractivity contribution in [1.29, 1.82) is 0 Å². The maximum Gasteiger partial charge on any atom is 0.573 e. The van der Waals surface area contributed by atoms with Crippen molar-refractivity contribution in [3.63, 3.8) is 0 Å². The number of rotatable bonds is 2. The van der Waals surface area contributed by atoms with Crippen LogP contribution in [-0.4, -0.2) is 15.9 Å². The van der Waals surface area contributed by atoms with E-state index < -0.39 is 17.7 Å². The summed E-state index contributed by atoms with van der Waals surface area (Å²) in [7, 11) is 0. The van der Waals surface area contributed by atoms with Crippen LogP contribution >= 0.6 is 22.6 Å². The number of benzene rings is 2. The molecule has 2 aromatic carbocycles. The number of para-hydroxylation sites is 2. The van der Waals surface area contributed by atoms with Crippen molar-refractivity contribution in [3.8, 4) is 11.4 Å². The molecule has 9 heteroatoms. The molecule has 0 saturated carbocycles. The molecule has 0 aliphatic heterocycles. The van der Waals surface area contributed by atoms with Crippen LogP contribution in [-0.2, 0) is 0 Å². The quantitative estimate of drug-likeness (QED) is 0.612. The Hall–Kier alpha value is -2.30. The molecule has 0 spiro atoms. The molecule has 0 saturated heterocycles. The van der Waals surface area contributed by atoms with E-state index in [4.69, 9.17) is 5.73 Å². The van der Waals surface area contributed by atoms with Crippen molar-refractivity contribution >= 4 is 39.4 Å². The zero-order valence-electron chi connectivity index (χ0n) is 11.8. The summed E-state index contributed by atoms with van der Waals surface area (Å²) in [5.74, 6) is -0.766. The lowest BCUT2D eigenvalue weighted by molar-refractivity contribution is -0.274. The molecule has 24 heavy (non-hydrogen) atoms. The number of halogens is 4. The van der Waals surface area contributed by atoms with Crippen LogP contribution in [0.15, 0.2) is 47.3 Å². The van der Waals surface area contributed by atoms with Gasteiger partial charge in [0.25, 0.3) is 5.56 Å². The lowest BCUT2D eigenvalue weighted by Gasteiger charge is -2.16. The highest BCUT2D eigenvalue weighted by Gasteiger charge is 2.32. The minimum Gasteiger partial charge on any atom is -0.404 e. The van der Waals surface area contributed by atoms with E-state index in [1.807, 2.05) is 22.6 Å². The molecule has 5 nitrogen and oxygen atoms in total. The Labute approximate surface area is 147 Å². The van der Waals surface area contributed by atoms with Gasteiger partial charge in [-0.3, -0.25) is 4.79 Å². The molecule has 0 aliphatic rings. The fourth-order valence-electron chi connectivity index (χ4n) is 2.26. The number of anilines is 1. The lowest BCUT2D eigenvalue weighted by atomic mass is 10.2. The monoisotopic (exact) mass is 447 g/mol. The van der Waals surface area contributed by atoms with Gasteiger partial charge in [-0.2, -0.15) is 0 Å². The van der Waals surface area contributed by atoms with Crippen molar-refractivity contribution in [1.82, 2.24) is 9.55 Å². The number of fused-ring (bicyclic) bond motifs is 1. The maximum absolute atomic E-state index is 12.7. The zero-order chi connectivity index (χ0) is 17.5. The fraction of sp³-hybridized carbons (Fsp3) is 0.0667. The van der Waals surface area contributed by atoms with E-state index in [1.54, 1.807) is 18.2 Å². The van der Waals surface area contributed by atoms with E-state index in [0.29, 0.717) is 5.52 Å². The predicted molar refractivity (Wildman–Crippen MR) is 91.2 cm³/mol. The first-order valence-electron chi connectivity index (χ1n) is 6.59. The van der Waals surface area contributed by atoms with Gasteiger partial charge in [0.15, 0.2) is 5.75 Å². The molecule has 0 aliphatic carbocycles. The molecule has 3 rings (SSSR count). The van der Waals surface area contributed by atoms with E-state index in [-0.39, 0.29) is 17.0 Å². The van der Waals surface area contributed by atoms with Crippen LogP contribution in [0.2, 0.25) is 0 Å². The number of nitrogens with two attached hydrogens (primary N) is 1. The first kappa shape index (κ1) is 16.6. The van der Waals surface area contributed by atoms with E-state index >= 15 is 0 Å². The summed E-state index contributed by atoms with van der Waals surface area (Å²) in [5.41, 5.74) is 5.46. The van der Waals surface area contributed by atoms with Crippen LogP contribution in [0.1, 0.15) is 0 Å². The molecular formula is C15H9F3IN3O2. The number of aromatic nitrogens is 2. The second-order valence-electron chi connectivity index (χ2n) is 4.79. The van der Waals surface area contributed by atoms with Gasteiger partial charge in [0.1, 0.15) is 0 Å². The lowest BCUT2D eigenvalue weighted by Crippen LogP contribution is -2.25. The van der Waals surface area contributed by atoms with Crippen LogP contribution in [0.3, 0.4) is 0 Å². The first-order valence-corrected chi connectivity index (χ1v) is 7.67. The average Bonchev–Trinajstić information content (AvgIpc) is 2.48. The largest absolute Gasteiger partial charge is 0.573 e. The van der Waals surface area contributed by atoms with E-state index in [2.05, 4.69) is 9.72 Å². The summed E-state index contributed by atoms with van der Waals surface area (Å²) in [6.45, 7) is 0. The van der Waals surface area contributed by atoms with Gasteiger partial charge >= 0.3 is 6.36 Å². The minimum atomic E-state index is -4.89. The first-order chi connectivity index (χ1) is 11.3. The highest BCUT2D eigenvalue weighted by Crippen LogP contribution is 2.29. The molecule has 0 fully saturated rings. The van der Waals surface area contributed by atoms with E-state index in [1.165, 1.54) is 18.2 Å². The van der Waals surface area contributed by atoms with Gasteiger partial charge in [-0.15, -0.1) is 13.2 Å². The Morgan fingerprint density at radius 3 is 2.58 bits per heavy atom. The summed E-state index contributed by atoms with van der Waals surface area (Å²) in [5, 5.41) is 0.248. The smallest absolute Gasteiger partial charge is 0.404 e. The number of hydrogen-bond donors (Lipinski definition) is 1. The number of nitrogen functional groups attached to an aromatic ring is 1. The van der Waals surface area contributed by atoms with Crippen LogP contribution < -0.4 is 16.0 Å². The molecule has 1 heterocycles. The van der Waals surface area contributed by atoms with Crippen molar-refractivity contribution in [2.45, 2.75) is 6.36 Å². The van der Waals surface area contributed by atoms with Gasteiger partial charge in [-0.1, -0.05) is 12.1 Å². The van der Waals surface area contributed by atoms with Gasteiger partial charge < -0.3 is 10.5 Å². The molecule has 0 bridgehead atoms. The molecule has 3 aromatic rings. The maximum atomic E-state index is 12.7. The molecule has 0 atom stereocenters. The molecule has 0 amide bonds. The SMILES string of the molecule is Nc1nc2ccc(I)cc2c(=O)n1-c1ccccc1OC(F)(F)F. The van der Waals surface area contributed by atoms with Gasteiger partial charge in [0.2, 0.25) is 5.95 Å². The van der Waals surface area contributed by atoms with Crippen molar-refractivity contribution in [3.05, 3.63) is 56.4 Å². The van der Waals surface area contributed by atoms with Crippen LogP contribution in [0.4, 0.5) is 19.1 Å². The van der Waals surface area contributed by atoms with E-state index in [9.17, 15) is 18.0 Å². The second-order valence-corrected chi connectivity index (χ2v) is 6.03. The van der Waals surface area contributed by atoms with Gasteiger partial charge in [0.05, 0.1) is 16.6 Å². The minimum absolute atomic E-state index is 0.134. The second kappa shape index (κ2) is 5.96. The molecule has 0 unspecified atom stereocenters. The van der Waals surface area contributed by atoms with Crippen molar-refractivity contribution in [2.24, 2.45) is 0 Å². The van der Waals surface area contributed by atoms with Gasteiger partial charge in [-0.05, 0) is 52.9 Å². The van der Waals surface area contributed by atoms with Crippen LogP contribution in [0, 0.1) is 3.57 Å². The number of ether oxygens (including phenoxy) is 1. The van der Waals surface area contributed by atoms with Gasteiger partial charge in [-0.25, -0.2) is 9.55 Å². The van der Waals surface area contributed by atoms with Gasteiger partial charge in [0, 0.05) is 3.57 Å². The standard InChI is InChI=1S/C15H9F3IN3O2/c16-15(17,18)24-12-4-2-1-3-11(12)22-13(23)9-7-8(19)5-6-10(9)21-14(22)20/h1-7H,(H2,20,21). The molecule has 2 N–H and O–H groups in total. The van der Waals surface area contributed by atoms with Crippen LogP contribution in [0.5, 0.6) is 5.75 Å². The summed E-state index contributed by atoms with van der Waals surface area (Å²) < 4.78 is 43.4. The zero-order valence-corrected chi connectivity index (χ0v) is 14.0. The Morgan fingerprint density at radius 2 is 1.88 bits per heavy atom. The Kier molecular flexibility index (Phi) is 4.11. The molecule has 124 valence electrons. The summed E-state index contributed by atoms with van der Waals surface area (Å²) >= 11 is 2.02. The third-order valence-electron chi connectivity index (χ3n) is 3.19. The predicted octanol–water partition coefficient (Wildman–Crippen LogP) is 3.47. The Morgan fingerprint density at radius 1 is 1.17 bits per heavy atom. The number of alkyl halides is 3. The highest BCUT2D eigenvalue weighted by molar-refractivity contribution is 14.1. The van der Waals surface area contributed by atoms with Crippen LogP contribution in [0.25, 0.3) is 16.6 Å². The third kappa shape index (κ3) is 3.16. The normalized spacial score (nSPS) is 11.7. The molecule has 0 radical (unpaired) electrons. The fourth-order valence-corrected chi connectivity index (χ4v) is 2.75. The van der Waals surface area contributed by atoms with Crippen molar-refractivity contribution < 1.29 is 17.9 Å². The number of hydrogen-bond acceptors (Lipinski definition) is 4. The Balaban J connectivity index is 2.29. The number of nitrogens with zero attached hydrogens (tertiary/aromatic N) is 2.